The van der Waals surface area contributed by atoms with E-state index in [1.807, 2.05) is 24.3 Å². The lowest BCUT2D eigenvalue weighted by molar-refractivity contribution is 0.101. The molecular formula is C15H25NO4. The Morgan fingerprint density at radius 1 is 0.850 bits per heavy atom. The minimum atomic E-state index is 0.552. The summed E-state index contributed by atoms with van der Waals surface area (Å²) in [5, 5.41) is 3.28. The SMILES string of the molecule is COCCCNCCOCCOc1ccc(OC)cc1. The zero-order chi connectivity index (χ0) is 14.5. The molecule has 1 rings (SSSR count). The predicted molar refractivity (Wildman–Crippen MR) is 78.7 cm³/mol. The molecule has 0 aliphatic rings. The van der Waals surface area contributed by atoms with Gasteiger partial charge in [-0.15, -0.1) is 0 Å². The molecule has 0 aliphatic heterocycles. The van der Waals surface area contributed by atoms with Crippen molar-refractivity contribution in [3.63, 3.8) is 0 Å². The van der Waals surface area contributed by atoms with Crippen molar-refractivity contribution in [2.75, 3.05) is 53.7 Å². The standard InChI is InChI=1S/C15H25NO4/c1-17-10-3-8-16-9-11-19-12-13-20-15-6-4-14(18-2)5-7-15/h4-7,16H,3,8-13H2,1-2H3. The van der Waals surface area contributed by atoms with Gasteiger partial charge in [0.15, 0.2) is 0 Å². The summed E-state index contributed by atoms with van der Waals surface area (Å²) >= 11 is 0. The van der Waals surface area contributed by atoms with E-state index < -0.39 is 0 Å². The van der Waals surface area contributed by atoms with Gasteiger partial charge in [0.05, 0.1) is 20.3 Å². The maximum atomic E-state index is 5.55. The first kappa shape index (κ1) is 16.8. The largest absolute Gasteiger partial charge is 0.497 e. The smallest absolute Gasteiger partial charge is 0.119 e. The van der Waals surface area contributed by atoms with Crippen LogP contribution in [0, 0.1) is 0 Å². The lowest BCUT2D eigenvalue weighted by Gasteiger charge is -2.08. The highest BCUT2D eigenvalue weighted by atomic mass is 16.5. The van der Waals surface area contributed by atoms with Crippen LogP contribution in [0.4, 0.5) is 0 Å². The molecular weight excluding hydrogens is 258 g/mol. The highest BCUT2D eigenvalue weighted by Crippen LogP contribution is 2.16. The lowest BCUT2D eigenvalue weighted by atomic mass is 10.3. The minimum absolute atomic E-state index is 0.552. The van der Waals surface area contributed by atoms with E-state index in [1.165, 1.54) is 0 Å². The van der Waals surface area contributed by atoms with Crippen molar-refractivity contribution >= 4 is 0 Å². The molecule has 0 heterocycles. The van der Waals surface area contributed by atoms with Crippen molar-refractivity contribution in [2.45, 2.75) is 6.42 Å². The van der Waals surface area contributed by atoms with Crippen molar-refractivity contribution in [1.29, 1.82) is 0 Å². The quantitative estimate of drug-likeness (QED) is 0.592. The average molecular weight is 283 g/mol. The monoisotopic (exact) mass is 283 g/mol. The zero-order valence-electron chi connectivity index (χ0n) is 12.4. The number of nitrogens with one attached hydrogen (secondary N) is 1. The van der Waals surface area contributed by atoms with Crippen LogP contribution in [0.1, 0.15) is 6.42 Å². The predicted octanol–water partition coefficient (Wildman–Crippen LogP) is 1.72. The van der Waals surface area contributed by atoms with Gasteiger partial charge in [0, 0.05) is 20.3 Å². The Labute approximate surface area is 121 Å². The fourth-order valence-corrected chi connectivity index (χ4v) is 1.60. The number of hydrogen-bond donors (Lipinski definition) is 1. The van der Waals surface area contributed by atoms with Gasteiger partial charge in [0.1, 0.15) is 18.1 Å². The fourth-order valence-electron chi connectivity index (χ4n) is 1.60. The summed E-state index contributed by atoms with van der Waals surface area (Å²) in [5.41, 5.74) is 0. The number of rotatable bonds is 12. The van der Waals surface area contributed by atoms with Crippen LogP contribution in [0.25, 0.3) is 0 Å². The normalized spacial score (nSPS) is 10.5. The van der Waals surface area contributed by atoms with Gasteiger partial charge < -0.3 is 24.3 Å². The molecule has 20 heavy (non-hydrogen) atoms. The molecule has 5 nitrogen and oxygen atoms in total. The van der Waals surface area contributed by atoms with Crippen LogP contribution in [0.15, 0.2) is 24.3 Å². The van der Waals surface area contributed by atoms with Crippen LogP contribution in [0.5, 0.6) is 11.5 Å². The van der Waals surface area contributed by atoms with E-state index in [9.17, 15) is 0 Å². The Morgan fingerprint density at radius 3 is 2.30 bits per heavy atom. The molecule has 0 aliphatic carbocycles. The van der Waals surface area contributed by atoms with Gasteiger partial charge in [-0.2, -0.15) is 0 Å². The van der Waals surface area contributed by atoms with E-state index in [0.29, 0.717) is 19.8 Å². The third-order valence-corrected chi connectivity index (χ3v) is 2.68. The first-order chi connectivity index (χ1) is 9.86. The second kappa shape index (κ2) is 11.5. The van der Waals surface area contributed by atoms with Crippen LogP contribution >= 0.6 is 0 Å². The molecule has 1 aromatic rings. The molecule has 0 aromatic heterocycles. The maximum absolute atomic E-state index is 5.55. The van der Waals surface area contributed by atoms with Crippen molar-refractivity contribution in [3.8, 4) is 11.5 Å². The number of hydrogen-bond acceptors (Lipinski definition) is 5. The van der Waals surface area contributed by atoms with E-state index in [4.69, 9.17) is 18.9 Å². The Kier molecular flexibility index (Phi) is 9.65. The maximum Gasteiger partial charge on any atom is 0.119 e. The average Bonchev–Trinajstić information content (AvgIpc) is 2.50. The fraction of sp³-hybridized carbons (Fsp3) is 0.600. The molecule has 114 valence electrons. The van der Waals surface area contributed by atoms with Gasteiger partial charge >= 0.3 is 0 Å². The molecule has 1 N–H and O–H groups in total. The molecule has 0 saturated heterocycles. The van der Waals surface area contributed by atoms with Gasteiger partial charge in [-0.1, -0.05) is 0 Å². The van der Waals surface area contributed by atoms with E-state index in [2.05, 4.69) is 5.32 Å². The topological polar surface area (TPSA) is 49.0 Å². The van der Waals surface area contributed by atoms with Crippen LogP contribution in [0.3, 0.4) is 0 Å². The summed E-state index contributed by atoms with van der Waals surface area (Å²) in [7, 11) is 3.36. The third kappa shape index (κ3) is 7.99. The van der Waals surface area contributed by atoms with Crippen molar-refractivity contribution in [2.24, 2.45) is 0 Å². The van der Waals surface area contributed by atoms with Crippen LogP contribution in [-0.4, -0.2) is 53.7 Å². The summed E-state index contributed by atoms with van der Waals surface area (Å²) in [5.74, 6) is 1.65. The van der Waals surface area contributed by atoms with E-state index >= 15 is 0 Å². The number of ether oxygens (including phenoxy) is 4. The molecule has 0 saturated carbocycles. The molecule has 0 amide bonds. The number of benzene rings is 1. The summed E-state index contributed by atoms with van der Waals surface area (Å²) in [6, 6.07) is 7.52. The van der Waals surface area contributed by atoms with Gasteiger partial charge in [-0.25, -0.2) is 0 Å². The molecule has 1 aromatic carbocycles. The van der Waals surface area contributed by atoms with Gasteiger partial charge in [-0.3, -0.25) is 0 Å². The Hall–Kier alpha value is -1.30. The second-order valence-electron chi connectivity index (χ2n) is 4.23. The first-order valence-electron chi connectivity index (χ1n) is 6.91. The summed E-state index contributed by atoms with van der Waals surface area (Å²) < 4.78 is 21.1. The van der Waals surface area contributed by atoms with Gasteiger partial charge in [-0.05, 0) is 37.2 Å². The summed E-state index contributed by atoms with van der Waals surface area (Å²) in [4.78, 5) is 0. The highest BCUT2D eigenvalue weighted by molar-refractivity contribution is 5.31. The van der Waals surface area contributed by atoms with Crippen LogP contribution in [-0.2, 0) is 9.47 Å². The highest BCUT2D eigenvalue weighted by Gasteiger charge is 1.95. The van der Waals surface area contributed by atoms with E-state index in [0.717, 1.165) is 37.6 Å². The molecule has 0 unspecified atom stereocenters. The van der Waals surface area contributed by atoms with Crippen LogP contribution in [0.2, 0.25) is 0 Å². The molecule has 0 fully saturated rings. The molecule has 0 bridgehead atoms. The Balaban J connectivity index is 1.91. The molecule has 0 atom stereocenters. The van der Waals surface area contributed by atoms with Gasteiger partial charge in [0.2, 0.25) is 0 Å². The summed E-state index contributed by atoms with van der Waals surface area (Å²) in [6.45, 7) is 4.44. The first-order valence-corrected chi connectivity index (χ1v) is 6.91. The third-order valence-electron chi connectivity index (χ3n) is 2.68. The molecule has 0 radical (unpaired) electrons. The minimum Gasteiger partial charge on any atom is -0.497 e. The van der Waals surface area contributed by atoms with Gasteiger partial charge in [0.25, 0.3) is 0 Å². The van der Waals surface area contributed by atoms with Crippen LogP contribution < -0.4 is 14.8 Å². The van der Waals surface area contributed by atoms with E-state index in [1.54, 1.807) is 14.2 Å². The second-order valence-corrected chi connectivity index (χ2v) is 4.23. The number of methoxy groups -OCH3 is 2. The zero-order valence-corrected chi connectivity index (χ0v) is 12.4. The van der Waals surface area contributed by atoms with E-state index in [-0.39, 0.29) is 0 Å². The van der Waals surface area contributed by atoms with Crippen molar-refractivity contribution in [1.82, 2.24) is 5.32 Å². The van der Waals surface area contributed by atoms with Crippen molar-refractivity contribution < 1.29 is 18.9 Å². The Morgan fingerprint density at radius 2 is 1.60 bits per heavy atom. The Bertz CT molecular complexity index is 329. The van der Waals surface area contributed by atoms with Crippen molar-refractivity contribution in [3.05, 3.63) is 24.3 Å². The lowest BCUT2D eigenvalue weighted by Crippen LogP contribution is -2.22. The molecule has 5 heteroatoms. The molecule has 0 spiro atoms. The summed E-state index contributed by atoms with van der Waals surface area (Å²) in [6.07, 6.45) is 1.02.